The standard InChI is InChI=1S/C12H9Cl2NO2/c1-6-3-4-9(17-2)10-7(6)5-8(12(14)16)11(13)15-10/h3-5H,1-2H3. The Hall–Kier alpha value is -1.32. The van der Waals surface area contributed by atoms with E-state index in [2.05, 4.69) is 4.98 Å². The predicted molar refractivity (Wildman–Crippen MR) is 68.2 cm³/mol. The summed E-state index contributed by atoms with van der Waals surface area (Å²) in [5.41, 5.74) is 1.81. The van der Waals surface area contributed by atoms with Crippen LogP contribution in [0.4, 0.5) is 0 Å². The molecule has 0 saturated carbocycles. The molecule has 0 unspecified atom stereocenters. The second-order valence-corrected chi connectivity index (χ2v) is 4.28. The molecule has 0 atom stereocenters. The Balaban J connectivity index is 2.86. The summed E-state index contributed by atoms with van der Waals surface area (Å²) < 4.78 is 5.20. The summed E-state index contributed by atoms with van der Waals surface area (Å²) in [5, 5.41) is 0.269. The van der Waals surface area contributed by atoms with Crippen molar-refractivity contribution in [3.05, 3.63) is 34.5 Å². The van der Waals surface area contributed by atoms with E-state index in [1.165, 1.54) is 0 Å². The highest BCUT2D eigenvalue weighted by molar-refractivity contribution is 6.68. The van der Waals surface area contributed by atoms with Crippen molar-refractivity contribution in [1.82, 2.24) is 4.98 Å². The minimum atomic E-state index is -0.619. The van der Waals surface area contributed by atoms with E-state index >= 15 is 0 Å². The molecule has 2 rings (SSSR count). The van der Waals surface area contributed by atoms with E-state index in [0.717, 1.165) is 10.9 Å². The zero-order valence-corrected chi connectivity index (χ0v) is 10.8. The summed E-state index contributed by atoms with van der Waals surface area (Å²) in [6.45, 7) is 1.92. The van der Waals surface area contributed by atoms with Crippen molar-refractivity contribution in [3.8, 4) is 5.75 Å². The summed E-state index contributed by atoms with van der Waals surface area (Å²) in [4.78, 5) is 15.3. The zero-order valence-electron chi connectivity index (χ0n) is 9.25. The molecule has 0 aliphatic rings. The van der Waals surface area contributed by atoms with E-state index in [0.29, 0.717) is 11.3 Å². The number of pyridine rings is 1. The number of fused-ring (bicyclic) bond motifs is 1. The first kappa shape index (κ1) is 12.1. The molecule has 0 N–H and O–H groups in total. The van der Waals surface area contributed by atoms with Gasteiger partial charge in [0.15, 0.2) is 0 Å². The molecule has 88 valence electrons. The van der Waals surface area contributed by atoms with Gasteiger partial charge < -0.3 is 4.74 Å². The van der Waals surface area contributed by atoms with Crippen LogP contribution < -0.4 is 4.74 Å². The predicted octanol–water partition coefficient (Wildman–Crippen LogP) is 3.58. The Morgan fingerprint density at radius 1 is 1.41 bits per heavy atom. The molecule has 0 saturated heterocycles. The monoisotopic (exact) mass is 269 g/mol. The number of aryl methyl sites for hydroxylation is 1. The molecule has 0 spiro atoms. The molecule has 1 heterocycles. The van der Waals surface area contributed by atoms with E-state index in [1.807, 2.05) is 19.1 Å². The van der Waals surface area contributed by atoms with Gasteiger partial charge in [-0.3, -0.25) is 4.79 Å². The molecule has 0 aliphatic heterocycles. The smallest absolute Gasteiger partial charge is 0.255 e. The number of hydrogen-bond donors (Lipinski definition) is 0. The molecule has 0 bridgehead atoms. The number of rotatable bonds is 2. The summed E-state index contributed by atoms with van der Waals surface area (Å²) >= 11 is 11.3. The van der Waals surface area contributed by atoms with Crippen LogP contribution >= 0.6 is 23.2 Å². The molecule has 1 aromatic heterocycles. The van der Waals surface area contributed by atoms with Crippen LogP contribution in [0, 0.1) is 6.92 Å². The van der Waals surface area contributed by atoms with Crippen molar-refractivity contribution in [2.24, 2.45) is 0 Å². The molecule has 0 radical (unpaired) electrons. The maximum Gasteiger partial charge on any atom is 0.255 e. The molecule has 17 heavy (non-hydrogen) atoms. The van der Waals surface area contributed by atoms with Crippen molar-refractivity contribution in [2.45, 2.75) is 6.92 Å². The van der Waals surface area contributed by atoms with Crippen LogP contribution in [0.3, 0.4) is 0 Å². The lowest BCUT2D eigenvalue weighted by Gasteiger charge is -2.09. The van der Waals surface area contributed by atoms with Gasteiger partial charge in [0.05, 0.1) is 12.7 Å². The molecule has 0 amide bonds. The van der Waals surface area contributed by atoms with Gasteiger partial charge in [-0.1, -0.05) is 17.7 Å². The Labute approximate surface area is 108 Å². The Morgan fingerprint density at radius 3 is 2.71 bits per heavy atom. The zero-order chi connectivity index (χ0) is 12.6. The fourth-order valence-electron chi connectivity index (χ4n) is 1.65. The SMILES string of the molecule is COc1ccc(C)c2cc(C(=O)Cl)c(Cl)nc12. The topological polar surface area (TPSA) is 39.2 Å². The molecule has 3 nitrogen and oxygen atoms in total. The van der Waals surface area contributed by atoms with Gasteiger partial charge in [-0.2, -0.15) is 0 Å². The molecule has 0 fully saturated rings. The van der Waals surface area contributed by atoms with Crippen LogP contribution in [0.5, 0.6) is 5.75 Å². The maximum atomic E-state index is 11.2. The third kappa shape index (κ3) is 2.08. The Morgan fingerprint density at radius 2 is 2.12 bits per heavy atom. The number of aromatic nitrogens is 1. The first-order chi connectivity index (χ1) is 8.04. The lowest BCUT2D eigenvalue weighted by atomic mass is 10.1. The molecular formula is C12H9Cl2NO2. The van der Waals surface area contributed by atoms with Crippen LogP contribution in [0.15, 0.2) is 18.2 Å². The average molecular weight is 270 g/mol. The van der Waals surface area contributed by atoms with Gasteiger partial charge in [0.2, 0.25) is 0 Å². The molecule has 1 aromatic carbocycles. The van der Waals surface area contributed by atoms with Crippen LogP contribution in [0.25, 0.3) is 10.9 Å². The fourth-order valence-corrected chi connectivity index (χ4v) is 2.07. The summed E-state index contributed by atoms with van der Waals surface area (Å²) in [6, 6.07) is 5.33. The lowest BCUT2D eigenvalue weighted by Crippen LogP contribution is -1.96. The Bertz CT molecular complexity index is 611. The van der Waals surface area contributed by atoms with Gasteiger partial charge in [-0.25, -0.2) is 4.98 Å². The van der Waals surface area contributed by atoms with E-state index in [4.69, 9.17) is 27.9 Å². The molecular weight excluding hydrogens is 261 g/mol. The highest BCUT2D eigenvalue weighted by Crippen LogP contribution is 2.30. The second kappa shape index (κ2) is 4.51. The summed E-state index contributed by atoms with van der Waals surface area (Å²) in [6.07, 6.45) is 0. The number of methoxy groups -OCH3 is 1. The Kier molecular flexibility index (Phi) is 3.22. The number of carbonyl (C=O) groups is 1. The van der Waals surface area contributed by atoms with Gasteiger partial charge in [0.1, 0.15) is 16.4 Å². The van der Waals surface area contributed by atoms with Gasteiger partial charge in [-0.15, -0.1) is 0 Å². The number of ether oxygens (including phenoxy) is 1. The van der Waals surface area contributed by atoms with Gasteiger partial charge in [0, 0.05) is 5.39 Å². The summed E-state index contributed by atoms with van der Waals surface area (Å²) in [7, 11) is 1.56. The minimum Gasteiger partial charge on any atom is -0.494 e. The van der Waals surface area contributed by atoms with Crippen molar-refractivity contribution in [3.63, 3.8) is 0 Å². The normalized spacial score (nSPS) is 10.6. The van der Waals surface area contributed by atoms with Gasteiger partial charge in [0.25, 0.3) is 5.24 Å². The number of halogens is 2. The van der Waals surface area contributed by atoms with E-state index in [-0.39, 0.29) is 10.7 Å². The van der Waals surface area contributed by atoms with Crippen LogP contribution in [-0.2, 0) is 0 Å². The first-order valence-electron chi connectivity index (χ1n) is 4.88. The van der Waals surface area contributed by atoms with Gasteiger partial charge in [-0.05, 0) is 36.2 Å². The van der Waals surface area contributed by atoms with Crippen molar-refractivity contribution in [1.29, 1.82) is 0 Å². The summed E-state index contributed by atoms with van der Waals surface area (Å²) in [5.74, 6) is 0.612. The van der Waals surface area contributed by atoms with Crippen LogP contribution in [-0.4, -0.2) is 17.3 Å². The number of benzene rings is 1. The van der Waals surface area contributed by atoms with E-state index in [1.54, 1.807) is 13.2 Å². The fraction of sp³-hybridized carbons (Fsp3) is 0.167. The number of nitrogens with zero attached hydrogens (tertiary/aromatic N) is 1. The maximum absolute atomic E-state index is 11.2. The van der Waals surface area contributed by atoms with Crippen molar-refractivity contribution < 1.29 is 9.53 Å². The second-order valence-electron chi connectivity index (χ2n) is 3.58. The van der Waals surface area contributed by atoms with Crippen LogP contribution in [0.1, 0.15) is 15.9 Å². The lowest BCUT2D eigenvalue weighted by molar-refractivity contribution is 0.108. The van der Waals surface area contributed by atoms with Crippen molar-refractivity contribution in [2.75, 3.05) is 7.11 Å². The average Bonchev–Trinajstić information content (AvgIpc) is 2.28. The molecule has 0 aliphatic carbocycles. The largest absolute Gasteiger partial charge is 0.494 e. The highest BCUT2D eigenvalue weighted by Gasteiger charge is 2.14. The minimum absolute atomic E-state index is 0.0846. The third-order valence-corrected chi connectivity index (χ3v) is 3.04. The van der Waals surface area contributed by atoms with E-state index in [9.17, 15) is 4.79 Å². The first-order valence-corrected chi connectivity index (χ1v) is 5.64. The highest BCUT2D eigenvalue weighted by atomic mass is 35.5. The number of hydrogen-bond acceptors (Lipinski definition) is 3. The van der Waals surface area contributed by atoms with E-state index < -0.39 is 5.24 Å². The quantitative estimate of drug-likeness (QED) is 0.618. The van der Waals surface area contributed by atoms with Crippen LogP contribution in [0.2, 0.25) is 5.15 Å². The van der Waals surface area contributed by atoms with Gasteiger partial charge >= 0.3 is 0 Å². The van der Waals surface area contributed by atoms with Crippen molar-refractivity contribution >= 4 is 39.3 Å². The number of carbonyl (C=O) groups excluding carboxylic acids is 1. The molecule has 2 aromatic rings. The molecule has 5 heteroatoms. The third-order valence-electron chi connectivity index (χ3n) is 2.55.